The lowest BCUT2D eigenvalue weighted by molar-refractivity contribution is -0.134. The molecule has 0 saturated carbocycles. The molecule has 1 aromatic rings. The minimum Gasteiger partial charge on any atom is -0.483 e. The number of hydrazine groups is 1. The second kappa shape index (κ2) is 7.69. The molecule has 0 aliphatic carbocycles. The quantitative estimate of drug-likeness (QED) is 0.748. The Bertz CT molecular complexity index is 579. The molecule has 0 bridgehead atoms. The topological polar surface area (TPSA) is 87.7 Å². The summed E-state index contributed by atoms with van der Waals surface area (Å²) >= 11 is 1.45. The Balaban J connectivity index is 1.68. The van der Waals surface area contributed by atoms with Crippen LogP contribution in [0.25, 0.3) is 0 Å². The normalized spacial score (nSPS) is 13.9. The Labute approximate surface area is 132 Å². The van der Waals surface area contributed by atoms with Crippen molar-refractivity contribution >= 4 is 29.5 Å². The minimum absolute atomic E-state index is 0.0647. The second-order valence-electron chi connectivity index (χ2n) is 4.72. The predicted molar refractivity (Wildman–Crippen MR) is 82.0 cm³/mol. The van der Waals surface area contributed by atoms with Crippen LogP contribution in [0.4, 0.5) is 0 Å². The molecule has 1 fully saturated rings. The third-order valence-corrected chi connectivity index (χ3v) is 3.90. The number of hydrogen-bond acceptors (Lipinski definition) is 5. The molecular formula is C14H17N3O4S. The van der Waals surface area contributed by atoms with Crippen molar-refractivity contribution in [2.45, 2.75) is 6.92 Å². The number of ether oxygens (including phenoxy) is 1. The van der Waals surface area contributed by atoms with Gasteiger partial charge in [-0.25, -0.2) is 0 Å². The van der Waals surface area contributed by atoms with Gasteiger partial charge in [-0.05, 0) is 18.6 Å². The van der Waals surface area contributed by atoms with E-state index in [0.29, 0.717) is 17.4 Å². The Hall–Kier alpha value is -2.22. The van der Waals surface area contributed by atoms with Crippen molar-refractivity contribution in [2.24, 2.45) is 0 Å². The first-order chi connectivity index (χ1) is 10.6. The Kier molecular flexibility index (Phi) is 5.65. The number of para-hydroxylation sites is 1. The Morgan fingerprint density at radius 2 is 2.00 bits per heavy atom. The zero-order chi connectivity index (χ0) is 15.9. The molecule has 7 nitrogen and oxygen atoms in total. The Morgan fingerprint density at radius 1 is 1.27 bits per heavy atom. The zero-order valence-corrected chi connectivity index (χ0v) is 12.9. The number of benzene rings is 1. The summed E-state index contributed by atoms with van der Waals surface area (Å²) in [5.74, 6) is 0.511. The molecule has 1 saturated heterocycles. The molecule has 1 aliphatic rings. The molecular weight excluding hydrogens is 306 g/mol. The molecule has 0 unspecified atom stereocenters. The molecule has 0 aromatic heterocycles. The average molecular weight is 323 g/mol. The number of nitrogens with zero attached hydrogens (tertiary/aromatic N) is 1. The van der Waals surface area contributed by atoms with Crippen LogP contribution in [0.15, 0.2) is 24.3 Å². The molecule has 0 atom stereocenters. The summed E-state index contributed by atoms with van der Waals surface area (Å²) in [5, 5.41) is 0. The van der Waals surface area contributed by atoms with Gasteiger partial charge in [-0.2, -0.15) is 0 Å². The Morgan fingerprint density at radius 3 is 2.68 bits per heavy atom. The number of carbonyl (C=O) groups excluding carboxylic acids is 3. The summed E-state index contributed by atoms with van der Waals surface area (Å²) in [7, 11) is 0. The molecule has 1 aromatic carbocycles. The first-order valence-electron chi connectivity index (χ1n) is 6.68. The van der Waals surface area contributed by atoms with Gasteiger partial charge in [0.15, 0.2) is 6.61 Å². The summed E-state index contributed by atoms with van der Waals surface area (Å²) in [5.41, 5.74) is 5.43. The van der Waals surface area contributed by atoms with Crippen molar-refractivity contribution in [3.8, 4) is 5.75 Å². The van der Waals surface area contributed by atoms with Gasteiger partial charge < -0.3 is 9.64 Å². The molecule has 1 heterocycles. The summed E-state index contributed by atoms with van der Waals surface area (Å²) in [4.78, 5) is 36.0. The number of hydrogen-bond donors (Lipinski definition) is 2. The molecule has 3 amide bonds. The molecule has 0 radical (unpaired) electrons. The molecule has 8 heteroatoms. The average Bonchev–Trinajstić information content (AvgIpc) is 2.89. The molecule has 2 N–H and O–H groups in total. The molecule has 22 heavy (non-hydrogen) atoms. The van der Waals surface area contributed by atoms with Crippen molar-refractivity contribution in [1.29, 1.82) is 0 Å². The van der Waals surface area contributed by atoms with Crippen LogP contribution in [-0.4, -0.2) is 47.4 Å². The van der Waals surface area contributed by atoms with Crippen molar-refractivity contribution < 1.29 is 19.1 Å². The van der Waals surface area contributed by atoms with Crippen molar-refractivity contribution in [2.75, 3.05) is 24.8 Å². The number of amides is 3. The zero-order valence-electron chi connectivity index (χ0n) is 12.1. The van der Waals surface area contributed by atoms with Gasteiger partial charge in [-0.1, -0.05) is 18.2 Å². The lowest BCUT2D eigenvalue weighted by Crippen LogP contribution is -2.48. The van der Waals surface area contributed by atoms with E-state index in [1.54, 1.807) is 6.07 Å². The SMILES string of the molecule is Cc1ccccc1OCC(=O)NNC(=O)CN1CSCC1=O. The van der Waals surface area contributed by atoms with Crippen LogP contribution in [0.2, 0.25) is 0 Å². The van der Waals surface area contributed by atoms with Crippen LogP contribution < -0.4 is 15.6 Å². The molecule has 118 valence electrons. The number of carbonyl (C=O) groups is 3. The largest absolute Gasteiger partial charge is 0.483 e. The van der Waals surface area contributed by atoms with E-state index in [0.717, 1.165) is 5.56 Å². The lowest BCUT2D eigenvalue weighted by atomic mass is 10.2. The summed E-state index contributed by atoms with van der Waals surface area (Å²) in [6.45, 7) is 1.61. The van der Waals surface area contributed by atoms with Crippen LogP contribution in [0, 0.1) is 6.92 Å². The number of aryl methyl sites for hydroxylation is 1. The van der Waals surface area contributed by atoms with Crippen LogP contribution >= 0.6 is 11.8 Å². The highest BCUT2D eigenvalue weighted by atomic mass is 32.2. The van der Waals surface area contributed by atoms with E-state index in [1.807, 2.05) is 25.1 Å². The lowest BCUT2D eigenvalue weighted by Gasteiger charge is -2.14. The van der Waals surface area contributed by atoms with E-state index in [4.69, 9.17) is 4.74 Å². The molecule has 0 spiro atoms. The predicted octanol–water partition coefficient (Wildman–Crippen LogP) is 0.0541. The highest BCUT2D eigenvalue weighted by molar-refractivity contribution is 8.00. The minimum atomic E-state index is -0.473. The fraction of sp³-hybridized carbons (Fsp3) is 0.357. The monoisotopic (exact) mass is 323 g/mol. The van der Waals surface area contributed by atoms with Crippen LogP contribution in [-0.2, 0) is 14.4 Å². The van der Waals surface area contributed by atoms with Gasteiger partial charge >= 0.3 is 0 Å². The maximum absolute atomic E-state index is 11.6. The smallest absolute Gasteiger partial charge is 0.276 e. The van der Waals surface area contributed by atoms with E-state index < -0.39 is 11.8 Å². The van der Waals surface area contributed by atoms with Crippen molar-refractivity contribution in [3.05, 3.63) is 29.8 Å². The van der Waals surface area contributed by atoms with Crippen molar-refractivity contribution in [1.82, 2.24) is 15.8 Å². The van der Waals surface area contributed by atoms with E-state index in [1.165, 1.54) is 16.7 Å². The fourth-order valence-electron chi connectivity index (χ4n) is 1.79. The van der Waals surface area contributed by atoms with E-state index in [9.17, 15) is 14.4 Å². The summed E-state index contributed by atoms with van der Waals surface area (Å²) < 4.78 is 5.35. The van der Waals surface area contributed by atoms with Crippen LogP contribution in [0.1, 0.15) is 5.56 Å². The van der Waals surface area contributed by atoms with Crippen molar-refractivity contribution in [3.63, 3.8) is 0 Å². The van der Waals surface area contributed by atoms with Crippen LogP contribution in [0.5, 0.6) is 5.75 Å². The molecule has 2 rings (SSSR count). The number of rotatable bonds is 5. The van der Waals surface area contributed by atoms with Crippen LogP contribution in [0.3, 0.4) is 0 Å². The summed E-state index contributed by atoms with van der Waals surface area (Å²) in [6, 6.07) is 7.32. The highest BCUT2D eigenvalue weighted by Crippen LogP contribution is 2.15. The van der Waals surface area contributed by atoms with Gasteiger partial charge in [0, 0.05) is 0 Å². The van der Waals surface area contributed by atoms with Gasteiger partial charge in [0.1, 0.15) is 12.3 Å². The fourth-order valence-corrected chi connectivity index (χ4v) is 2.69. The third-order valence-electron chi connectivity index (χ3n) is 2.95. The molecule has 1 aliphatic heterocycles. The summed E-state index contributed by atoms with van der Waals surface area (Å²) in [6.07, 6.45) is 0. The van der Waals surface area contributed by atoms with E-state index in [-0.39, 0.29) is 19.1 Å². The van der Waals surface area contributed by atoms with E-state index >= 15 is 0 Å². The first-order valence-corrected chi connectivity index (χ1v) is 7.83. The van der Waals surface area contributed by atoms with E-state index in [2.05, 4.69) is 10.9 Å². The van der Waals surface area contributed by atoms with Gasteiger partial charge in [-0.15, -0.1) is 11.8 Å². The maximum Gasteiger partial charge on any atom is 0.276 e. The number of thioether (sulfide) groups is 1. The first kappa shape index (κ1) is 16.2. The maximum atomic E-state index is 11.6. The van der Waals surface area contributed by atoms with Gasteiger partial charge in [-0.3, -0.25) is 25.2 Å². The van der Waals surface area contributed by atoms with Gasteiger partial charge in [0.25, 0.3) is 11.8 Å². The van der Waals surface area contributed by atoms with Gasteiger partial charge in [0.2, 0.25) is 5.91 Å². The third kappa shape index (κ3) is 4.66. The van der Waals surface area contributed by atoms with Gasteiger partial charge in [0.05, 0.1) is 11.6 Å². The standard InChI is InChI=1S/C14H17N3O4S/c1-10-4-2-3-5-11(10)21-7-13(19)16-15-12(18)6-17-9-22-8-14(17)20/h2-5H,6-9H2,1H3,(H,15,18)(H,16,19). The number of nitrogens with one attached hydrogen (secondary N) is 2. The second-order valence-corrected chi connectivity index (χ2v) is 5.67. The highest BCUT2D eigenvalue weighted by Gasteiger charge is 2.22.